The molecule has 0 aliphatic rings. The van der Waals surface area contributed by atoms with E-state index < -0.39 is 23.6 Å². The van der Waals surface area contributed by atoms with Gasteiger partial charge in [0.1, 0.15) is 0 Å². The average molecular weight is 185 g/mol. The van der Waals surface area contributed by atoms with Crippen LogP contribution in [0.15, 0.2) is 0 Å². The summed E-state index contributed by atoms with van der Waals surface area (Å²) in [6.45, 7) is 1.44. The van der Waals surface area contributed by atoms with Gasteiger partial charge in [0.05, 0.1) is 5.92 Å². The summed E-state index contributed by atoms with van der Waals surface area (Å²) in [4.78, 5) is 10.4. The summed E-state index contributed by atoms with van der Waals surface area (Å²) >= 11 is 0. The zero-order chi connectivity index (χ0) is 10.2. The second-order valence-corrected chi connectivity index (χ2v) is 2.77. The van der Waals surface area contributed by atoms with Crippen LogP contribution in [0.1, 0.15) is 13.8 Å². The molecule has 0 radical (unpaired) electrons. The summed E-state index contributed by atoms with van der Waals surface area (Å²) in [5.74, 6) is -2.84. The number of carbonyl (C=O) groups excluding carboxylic acids is 1. The number of halogens is 3. The fourth-order valence-electron chi connectivity index (χ4n) is 0.523. The van der Waals surface area contributed by atoms with Crippen LogP contribution in [0.2, 0.25) is 0 Å². The van der Waals surface area contributed by atoms with Crippen molar-refractivity contribution in [3.63, 3.8) is 0 Å². The molecule has 0 saturated heterocycles. The van der Waals surface area contributed by atoms with Crippen molar-refractivity contribution in [2.24, 2.45) is 11.7 Å². The van der Waals surface area contributed by atoms with Crippen molar-refractivity contribution in [2.75, 3.05) is 0 Å². The van der Waals surface area contributed by atoms with Gasteiger partial charge >= 0.3 is 6.18 Å². The van der Waals surface area contributed by atoms with E-state index >= 15 is 0 Å². The van der Waals surface area contributed by atoms with Gasteiger partial charge in [-0.1, -0.05) is 6.92 Å². The van der Waals surface area contributed by atoms with E-state index in [1.165, 1.54) is 0 Å². The Hall–Kier alpha value is -0.780. The number of aliphatic hydroxyl groups is 1. The van der Waals surface area contributed by atoms with Crippen LogP contribution in [0, 0.1) is 5.92 Å². The molecule has 1 amide bonds. The third-order valence-electron chi connectivity index (χ3n) is 1.84. The van der Waals surface area contributed by atoms with Gasteiger partial charge in [0.25, 0.3) is 0 Å². The van der Waals surface area contributed by atoms with Crippen LogP contribution < -0.4 is 5.73 Å². The summed E-state index contributed by atoms with van der Waals surface area (Å²) < 4.78 is 36.0. The van der Waals surface area contributed by atoms with Crippen molar-refractivity contribution in [1.82, 2.24) is 0 Å². The van der Waals surface area contributed by atoms with Gasteiger partial charge in [-0.3, -0.25) is 4.79 Å². The van der Waals surface area contributed by atoms with E-state index in [2.05, 4.69) is 5.73 Å². The van der Waals surface area contributed by atoms with Crippen LogP contribution in [0.3, 0.4) is 0 Å². The maximum Gasteiger partial charge on any atom is 0.417 e. The molecule has 6 heteroatoms. The fourth-order valence-corrected chi connectivity index (χ4v) is 0.523. The quantitative estimate of drug-likeness (QED) is 0.654. The summed E-state index contributed by atoms with van der Waals surface area (Å²) in [7, 11) is 0. The Kier molecular flexibility index (Phi) is 2.74. The largest absolute Gasteiger partial charge is 0.417 e. The van der Waals surface area contributed by atoms with Crippen LogP contribution in [-0.4, -0.2) is 22.8 Å². The molecule has 0 fully saturated rings. The predicted molar refractivity (Wildman–Crippen MR) is 35.0 cm³/mol. The average Bonchev–Trinajstić information content (AvgIpc) is 1.83. The lowest BCUT2D eigenvalue weighted by molar-refractivity contribution is -0.266. The number of hydrogen-bond acceptors (Lipinski definition) is 2. The van der Waals surface area contributed by atoms with Gasteiger partial charge in [-0.15, -0.1) is 0 Å². The third kappa shape index (κ3) is 1.88. The lowest BCUT2D eigenvalue weighted by atomic mass is 9.90. The highest BCUT2D eigenvalue weighted by atomic mass is 19.4. The summed E-state index contributed by atoms with van der Waals surface area (Å²) in [6, 6.07) is 0. The minimum atomic E-state index is -4.85. The Morgan fingerprint density at radius 2 is 1.83 bits per heavy atom. The molecule has 2 atom stereocenters. The first-order valence-electron chi connectivity index (χ1n) is 3.19. The monoisotopic (exact) mass is 185 g/mol. The highest BCUT2D eigenvalue weighted by molar-refractivity contribution is 5.77. The van der Waals surface area contributed by atoms with Crippen LogP contribution in [0.25, 0.3) is 0 Å². The fraction of sp³-hybridized carbons (Fsp3) is 0.833. The maximum absolute atomic E-state index is 12.0. The Morgan fingerprint density at radius 3 is 1.92 bits per heavy atom. The molecule has 0 spiro atoms. The Balaban J connectivity index is 4.73. The number of nitrogens with two attached hydrogens (primary N) is 1. The molecule has 0 rings (SSSR count). The molecular formula is C6H10F3NO2. The standard InChI is InChI=1S/C6H10F3NO2/c1-3(4(10)11)5(2,12)6(7,8)9/h3,12H,1-2H3,(H2,10,11). The van der Waals surface area contributed by atoms with Gasteiger partial charge in [-0.25, -0.2) is 0 Å². The Morgan fingerprint density at radius 1 is 1.50 bits per heavy atom. The molecule has 0 bridgehead atoms. The highest BCUT2D eigenvalue weighted by Crippen LogP contribution is 2.35. The molecule has 72 valence electrons. The SMILES string of the molecule is CC(C(N)=O)C(C)(O)C(F)(F)F. The number of amides is 1. The number of alkyl halides is 3. The molecule has 2 unspecified atom stereocenters. The van der Waals surface area contributed by atoms with E-state index in [0.717, 1.165) is 6.92 Å². The molecule has 0 heterocycles. The minimum Gasteiger partial charge on any atom is -0.380 e. The number of rotatable bonds is 2. The maximum atomic E-state index is 12.0. The molecule has 0 saturated carbocycles. The lowest BCUT2D eigenvalue weighted by Gasteiger charge is -2.30. The van der Waals surface area contributed by atoms with E-state index in [1.54, 1.807) is 0 Å². The highest BCUT2D eigenvalue weighted by Gasteiger charge is 2.55. The van der Waals surface area contributed by atoms with Crippen LogP contribution in [0.5, 0.6) is 0 Å². The van der Waals surface area contributed by atoms with Gasteiger partial charge in [-0.2, -0.15) is 13.2 Å². The summed E-state index contributed by atoms with van der Waals surface area (Å²) in [5, 5.41) is 8.86. The van der Waals surface area contributed by atoms with Gasteiger partial charge in [0, 0.05) is 0 Å². The summed E-state index contributed by atoms with van der Waals surface area (Å²) in [6.07, 6.45) is -4.85. The number of primary amides is 1. The molecule has 0 aromatic rings. The first kappa shape index (κ1) is 11.2. The third-order valence-corrected chi connectivity index (χ3v) is 1.84. The van der Waals surface area contributed by atoms with E-state index in [-0.39, 0.29) is 0 Å². The molecule has 12 heavy (non-hydrogen) atoms. The number of carbonyl (C=O) groups is 1. The van der Waals surface area contributed by atoms with Crippen LogP contribution in [-0.2, 0) is 4.79 Å². The van der Waals surface area contributed by atoms with Crippen molar-refractivity contribution in [3.8, 4) is 0 Å². The Bertz CT molecular complexity index is 188. The molecule has 0 aromatic carbocycles. The normalized spacial score (nSPS) is 19.8. The van der Waals surface area contributed by atoms with Gasteiger partial charge < -0.3 is 10.8 Å². The van der Waals surface area contributed by atoms with Crippen molar-refractivity contribution in [1.29, 1.82) is 0 Å². The lowest BCUT2D eigenvalue weighted by Crippen LogP contribution is -2.52. The smallest absolute Gasteiger partial charge is 0.380 e. The first-order valence-corrected chi connectivity index (χ1v) is 3.19. The second-order valence-electron chi connectivity index (χ2n) is 2.77. The topological polar surface area (TPSA) is 63.3 Å². The molecule has 3 nitrogen and oxygen atoms in total. The zero-order valence-electron chi connectivity index (χ0n) is 6.64. The van der Waals surface area contributed by atoms with Gasteiger partial charge in [0.15, 0.2) is 5.60 Å². The minimum absolute atomic E-state index is 0.516. The van der Waals surface area contributed by atoms with Crippen molar-refractivity contribution in [2.45, 2.75) is 25.6 Å². The zero-order valence-corrected chi connectivity index (χ0v) is 6.64. The number of hydrogen-bond donors (Lipinski definition) is 2. The molecular weight excluding hydrogens is 175 g/mol. The Labute approximate surface area is 67.4 Å². The van der Waals surface area contributed by atoms with E-state index in [0.29, 0.717) is 6.92 Å². The van der Waals surface area contributed by atoms with Crippen molar-refractivity contribution >= 4 is 5.91 Å². The summed E-state index contributed by atoms with van der Waals surface area (Å²) in [5.41, 5.74) is 1.56. The molecule has 0 aliphatic heterocycles. The van der Waals surface area contributed by atoms with E-state index in [9.17, 15) is 18.0 Å². The molecule has 0 aromatic heterocycles. The predicted octanol–water partition coefficient (Wildman–Crippen LogP) is 0.421. The van der Waals surface area contributed by atoms with E-state index in [4.69, 9.17) is 5.11 Å². The molecule has 3 N–H and O–H groups in total. The van der Waals surface area contributed by atoms with Crippen LogP contribution in [0.4, 0.5) is 13.2 Å². The van der Waals surface area contributed by atoms with Crippen molar-refractivity contribution < 1.29 is 23.1 Å². The van der Waals surface area contributed by atoms with Crippen molar-refractivity contribution in [3.05, 3.63) is 0 Å². The van der Waals surface area contributed by atoms with Gasteiger partial charge in [0.2, 0.25) is 5.91 Å². The first-order chi connectivity index (χ1) is 5.10. The second kappa shape index (κ2) is 2.93. The molecule has 0 aliphatic carbocycles. The van der Waals surface area contributed by atoms with Gasteiger partial charge in [-0.05, 0) is 6.92 Å². The van der Waals surface area contributed by atoms with Crippen LogP contribution >= 0.6 is 0 Å². The van der Waals surface area contributed by atoms with E-state index in [1.807, 2.05) is 0 Å².